The molecule has 2 rings (SSSR count). The number of aromatic nitrogens is 2. The summed E-state index contributed by atoms with van der Waals surface area (Å²) in [4.78, 5) is 21.2. The quantitative estimate of drug-likeness (QED) is 0.823. The Labute approximate surface area is 94.1 Å². The Balaban J connectivity index is 2.32. The molecule has 0 saturated heterocycles. The standard InChI is InChI=1S/C11H15N3O2/c1-14(2)11-8(5-9(15)16)6-12-10(13-11)7-3-4-7/h6-7H,3-5H2,1-2H3,(H,15,16). The van der Waals surface area contributed by atoms with Gasteiger partial charge in [0.05, 0.1) is 6.42 Å². The summed E-state index contributed by atoms with van der Waals surface area (Å²) in [6, 6.07) is 0. The summed E-state index contributed by atoms with van der Waals surface area (Å²) < 4.78 is 0. The molecule has 0 amide bonds. The Hall–Kier alpha value is -1.65. The van der Waals surface area contributed by atoms with Crippen molar-refractivity contribution in [3.63, 3.8) is 0 Å². The SMILES string of the molecule is CN(C)c1nc(C2CC2)ncc1CC(=O)O. The molecule has 0 radical (unpaired) electrons. The van der Waals surface area contributed by atoms with Gasteiger partial charge in [-0.3, -0.25) is 4.79 Å². The van der Waals surface area contributed by atoms with Gasteiger partial charge < -0.3 is 10.0 Å². The van der Waals surface area contributed by atoms with Gasteiger partial charge in [0, 0.05) is 31.8 Å². The lowest BCUT2D eigenvalue weighted by Crippen LogP contribution is -2.16. The van der Waals surface area contributed by atoms with E-state index in [4.69, 9.17) is 5.11 Å². The number of hydrogen-bond acceptors (Lipinski definition) is 4. The van der Waals surface area contributed by atoms with E-state index >= 15 is 0 Å². The monoisotopic (exact) mass is 221 g/mol. The van der Waals surface area contributed by atoms with Crippen molar-refractivity contribution in [1.29, 1.82) is 0 Å². The molecule has 5 heteroatoms. The van der Waals surface area contributed by atoms with Crippen LogP contribution in [0.15, 0.2) is 6.20 Å². The average molecular weight is 221 g/mol. The van der Waals surface area contributed by atoms with E-state index in [2.05, 4.69) is 9.97 Å². The predicted octanol–water partition coefficient (Wildman–Crippen LogP) is 1.05. The Kier molecular flexibility index (Phi) is 2.77. The third-order valence-electron chi connectivity index (χ3n) is 2.57. The second-order valence-electron chi connectivity index (χ2n) is 4.32. The van der Waals surface area contributed by atoms with E-state index in [0.717, 1.165) is 24.5 Å². The van der Waals surface area contributed by atoms with Crippen LogP contribution in [-0.4, -0.2) is 35.1 Å². The molecule has 0 unspecified atom stereocenters. The van der Waals surface area contributed by atoms with Crippen LogP contribution in [0.1, 0.15) is 30.1 Å². The zero-order valence-corrected chi connectivity index (χ0v) is 9.47. The fourth-order valence-corrected chi connectivity index (χ4v) is 1.62. The van der Waals surface area contributed by atoms with E-state index < -0.39 is 5.97 Å². The lowest BCUT2D eigenvalue weighted by molar-refractivity contribution is -0.136. The molecule has 0 aliphatic heterocycles. The summed E-state index contributed by atoms with van der Waals surface area (Å²) in [5, 5.41) is 8.79. The molecule has 0 spiro atoms. The minimum Gasteiger partial charge on any atom is -0.481 e. The highest BCUT2D eigenvalue weighted by Gasteiger charge is 2.27. The minimum absolute atomic E-state index is 0.0293. The zero-order chi connectivity index (χ0) is 11.7. The molecule has 1 fully saturated rings. The first-order chi connectivity index (χ1) is 7.58. The number of hydrogen-bond donors (Lipinski definition) is 1. The van der Waals surface area contributed by atoms with Gasteiger partial charge in [-0.2, -0.15) is 0 Å². The maximum Gasteiger partial charge on any atom is 0.308 e. The summed E-state index contributed by atoms with van der Waals surface area (Å²) >= 11 is 0. The molecule has 16 heavy (non-hydrogen) atoms. The van der Waals surface area contributed by atoms with Gasteiger partial charge >= 0.3 is 5.97 Å². The number of carboxylic acids is 1. The fourth-order valence-electron chi connectivity index (χ4n) is 1.62. The van der Waals surface area contributed by atoms with Crippen molar-refractivity contribution in [2.75, 3.05) is 19.0 Å². The number of nitrogens with zero attached hydrogens (tertiary/aromatic N) is 3. The van der Waals surface area contributed by atoms with Crippen molar-refractivity contribution in [3.05, 3.63) is 17.6 Å². The molecular weight excluding hydrogens is 206 g/mol. The molecule has 1 N–H and O–H groups in total. The molecule has 1 aliphatic rings. The smallest absolute Gasteiger partial charge is 0.308 e. The van der Waals surface area contributed by atoms with Crippen molar-refractivity contribution >= 4 is 11.8 Å². The lowest BCUT2D eigenvalue weighted by Gasteiger charge is -2.15. The van der Waals surface area contributed by atoms with E-state index in [0.29, 0.717) is 11.5 Å². The third kappa shape index (κ3) is 2.29. The van der Waals surface area contributed by atoms with Crippen LogP contribution < -0.4 is 4.90 Å². The molecule has 1 saturated carbocycles. The Morgan fingerprint density at radius 2 is 2.25 bits per heavy atom. The van der Waals surface area contributed by atoms with Crippen molar-refractivity contribution in [2.45, 2.75) is 25.2 Å². The van der Waals surface area contributed by atoms with Gasteiger partial charge in [-0.15, -0.1) is 0 Å². The average Bonchev–Trinajstić information content (AvgIpc) is 3.00. The van der Waals surface area contributed by atoms with Crippen molar-refractivity contribution < 1.29 is 9.90 Å². The molecule has 1 aromatic heterocycles. The van der Waals surface area contributed by atoms with Crippen LogP contribution in [0.2, 0.25) is 0 Å². The van der Waals surface area contributed by atoms with Gasteiger partial charge in [-0.25, -0.2) is 9.97 Å². The topological polar surface area (TPSA) is 66.3 Å². The van der Waals surface area contributed by atoms with Gasteiger partial charge in [-0.1, -0.05) is 0 Å². The zero-order valence-electron chi connectivity index (χ0n) is 9.47. The molecule has 0 bridgehead atoms. The van der Waals surface area contributed by atoms with E-state index in [-0.39, 0.29) is 6.42 Å². The van der Waals surface area contributed by atoms with Gasteiger partial charge in [0.1, 0.15) is 11.6 Å². The first-order valence-electron chi connectivity index (χ1n) is 5.33. The fraction of sp³-hybridized carbons (Fsp3) is 0.545. The van der Waals surface area contributed by atoms with Gasteiger partial charge in [0.2, 0.25) is 0 Å². The second-order valence-corrected chi connectivity index (χ2v) is 4.32. The highest BCUT2D eigenvalue weighted by atomic mass is 16.4. The highest BCUT2D eigenvalue weighted by molar-refractivity contribution is 5.72. The van der Waals surface area contributed by atoms with Crippen LogP contribution >= 0.6 is 0 Å². The number of carbonyl (C=O) groups is 1. The van der Waals surface area contributed by atoms with E-state index in [1.807, 2.05) is 19.0 Å². The molecule has 0 aromatic carbocycles. The molecule has 1 aromatic rings. The van der Waals surface area contributed by atoms with Crippen molar-refractivity contribution in [2.24, 2.45) is 0 Å². The Bertz CT molecular complexity index is 414. The summed E-state index contributed by atoms with van der Waals surface area (Å²) in [6.07, 6.45) is 3.90. The summed E-state index contributed by atoms with van der Waals surface area (Å²) in [6.45, 7) is 0. The number of rotatable bonds is 4. The lowest BCUT2D eigenvalue weighted by atomic mass is 10.2. The number of aliphatic carboxylic acids is 1. The van der Waals surface area contributed by atoms with Crippen LogP contribution in [-0.2, 0) is 11.2 Å². The first-order valence-corrected chi connectivity index (χ1v) is 5.33. The van der Waals surface area contributed by atoms with Crippen LogP contribution in [0.3, 0.4) is 0 Å². The van der Waals surface area contributed by atoms with Crippen LogP contribution in [0.25, 0.3) is 0 Å². The highest BCUT2D eigenvalue weighted by Crippen LogP contribution is 2.38. The molecule has 1 aliphatic carbocycles. The summed E-state index contributed by atoms with van der Waals surface area (Å²) in [5.41, 5.74) is 0.668. The van der Waals surface area contributed by atoms with Gasteiger partial charge in [0.15, 0.2) is 0 Å². The van der Waals surface area contributed by atoms with Crippen LogP contribution in [0.4, 0.5) is 5.82 Å². The normalized spacial score (nSPS) is 14.9. The Morgan fingerprint density at radius 1 is 1.56 bits per heavy atom. The Morgan fingerprint density at radius 3 is 2.75 bits per heavy atom. The van der Waals surface area contributed by atoms with E-state index in [1.54, 1.807) is 6.20 Å². The van der Waals surface area contributed by atoms with Crippen molar-refractivity contribution in [1.82, 2.24) is 9.97 Å². The summed E-state index contributed by atoms with van der Waals surface area (Å²) in [5.74, 6) is 1.19. The maximum absolute atomic E-state index is 10.7. The predicted molar refractivity (Wildman–Crippen MR) is 59.7 cm³/mol. The molecular formula is C11H15N3O2. The van der Waals surface area contributed by atoms with E-state index in [1.165, 1.54) is 0 Å². The molecule has 86 valence electrons. The second kappa shape index (κ2) is 4.08. The van der Waals surface area contributed by atoms with Gasteiger partial charge in [-0.05, 0) is 12.8 Å². The minimum atomic E-state index is -0.856. The first kappa shape index (κ1) is 10.9. The van der Waals surface area contributed by atoms with Crippen molar-refractivity contribution in [3.8, 4) is 0 Å². The third-order valence-corrected chi connectivity index (χ3v) is 2.57. The van der Waals surface area contributed by atoms with Crippen LogP contribution in [0, 0.1) is 0 Å². The molecule has 0 atom stereocenters. The van der Waals surface area contributed by atoms with Gasteiger partial charge in [0.25, 0.3) is 0 Å². The molecule has 1 heterocycles. The number of anilines is 1. The van der Waals surface area contributed by atoms with E-state index in [9.17, 15) is 4.79 Å². The molecule has 5 nitrogen and oxygen atoms in total. The largest absolute Gasteiger partial charge is 0.481 e. The maximum atomic E-state index is 10.7. The van der Waals surface area contributed by atoms with Crippen LogP contribution in [0.5, 0.6) is 0 Å². The summed E-state index contributed by atoms with van der Waals surface area (Å²) in [7, 11) is 3.73. The number of carboxylic acid groups (broad SMARTS) is 1.